The molecule has 3 amide bonds. The summed E-state index contributed by atoms with van der Waals surface area (Å²) >= 11 is 0. The maximum Gasteiger partial charge on any atom is 0.317 e. The Bertz CT molecular complexity index is 859. The fraction of sp³-hybridized carbons (Fsp3) is 0.444. The van der Waals surface area contributed by atoms with Crippen molar-refractivity contribution in [1.29, 1.82) is 0 Å². The number of piperazine rings is 1. The molecule has 0 radical (unpaired) electrons. The summed E-state index contributed by atoms with van der Waals surface area (Å²) in [5.41, 5.74) is 7.00. The van der Waals surface area contributed by atoms with Crippen LogP contribution in [0.2, 0.25) is 0 Å². The number of primary amides is 1. The number of benzene rings is 1. The van der Waals surface area contributed by atoms with Gasteiger partial charge in [0.15, 0.2) is 0 Å². The molecule has 2 heterocycles. The zero-order valence-electron chi connectivity index (χ0n) is 15.1. The van der Waals surface area contributed by atoms with Gasteiger partial charge in [-0.3, -0.25) is 9.69 Å². The van der Waals surface area contributed by atoms with Crippen LogP contribution in [0.5, 0.6) is 0 Å². The molecule has 3 rings (SSSR count). The topological polar surface area (TPSA) is 94.5 Å². The summed E-state index contributed by atoms with van der Waals surface area (Å²) in [6, 6.07) is 1.96. The van der Waals surface area contributed by atoms with Crippen LogP contribution in [0.1, 0.15) is 11.3 Å². The van der Waals surface area contributed by atoms with E-state index in [9.17, 15) is 18.4 Å². The second-order valence-electron chi connectivity index (χ2n) is 6.75. The minimum atomic E-state index is -0.628. The minimum absolute atomic E-state index is 0.191. The van der Waals surface area contributed by atoms with Crippen LogP contribution in [0.4, 0.5) is 13.6 Å². The van der Waals surface area contributed by atoms with Gasteiger partial charge in [0, 0.05) is 49.9 Å². The van der Waals surface area contributed by atoms with Gasteiger partial charge in [-0.1, -0.05) is 0 Å². The van der Waals surface area contributed by atoms with E-state index in [1.54, 1.807) is 11.8 Å². The zero-order chi connectivity index (χ0) is 19.6. The Kier molecular flexibility index (Phi) is 5.59. The Labute approximate surface area is 155 Å². The molecule has 0 unspecified atom stereocenters. The number of aryl methyl sites for hydroxylation is 1. The second kappa shape index (κ2) is 7.91. The van der Waals surface area contributed by atoms with E-state index in [1.165, 1.54) is 6.07 Å². The molecular formula is C18H23F2N5O2. The number of hydrogen-bond acceptors (Lipinski definition) is 3. The molecule has 1 fully saturated rings. The highest BCUT2D eigenvalue weighted by molar-refractivity contribution is 5.85. The van der Waals surface area contributed by atoms with Gasteiger partial charge >= 0.3 is 6.03 Å². The highest BCUT2D eigenvalue weighted by atomic mass is 19.1. The number of carbonyl (C=O) groups is 2. The van der Waals surface area contributed by atoms with E-state index < -0.39 is 11.6 Å². The van der Waals surface area contributed by atoms with Crippen LogP contribution in [-0.2, 0) is 11.2 Å². The molecule has 1 aromatic carbocycles. The smallest absolute Gasteiger partial charge is 0.317 e. The largest absolute Gasteiger partial charge is 0.369 e. The maximum atomic E-state index is 13.9. The predicted octanol–water partition coefficient (Wildman–Crippen LogP) is 1.11. The summed E-state index contributed by atoms with van der Waals surface area (Å²) in [7, 11) is 0. The summed E-state index contributed by atoms with van der Waals surface area (Å²) in [5, 5.41) is 3.34. The summed E-state index contributed by atoms with van der Waals surface area (Å²) in [5.74, 6) is -1.63. The van der Waals surface area contributed by atoms with E-state index in [4.69, 9.17) is 5.73 Å². The van der Waals surface area contributed by atoms with Gasteiger partial charge in [0.25, 0.3) is 0 Å². The number of rotatable bonds is 5. The number of nitrogens with zero attached hydrogens (tertiary/aromatic N) is 2. The van der Waals surface area contributed by atoms with Gasteiger partial charge in [-0.2, -0.15) is 0 Å². The first kappa shape index (κ1) is 19.1. The molecule has 1 aliphatic heterocycles. The molecule has 1 aliphatic rings. The number of amides is 3. The van der Waals surface area contributed by atoms with Crippen LogP contribution in [0.15, 0.2) is 12.1 Å². The van der Waals surface area contributed by atoms with Gasteiger partial charge in [0.1, 0.15) is 11.6 Å². The molecule has 2 aromatic rings. The number of carbonyl (C=O) groups excluding carboxylic acids is 2. The summed E-state index contributed by atoms with van der Waals surface area (Å²) < 4.78 is 27.4. The van der Waals surface area contributed by atoms with E-state index in [1.807, 2.05) is 4.90 Å². The monoisotopic (exact) mass is 379 g/mol. The third-order valence-electron chi connectivity index (χ3n) is 4.84. The third kappa shape index (κ3) is 4.36. The van der Waals surface area contributed by atoms with E-state index in [0.29, 0.717) is 44.5 Å². The Balaban J connectivity index is 1.55. The fourth-order valence-corrected chi connectivity index (χ4v) is 3.46. The number of fused-ring (bicyclic) bond motifs is 1. The molecule has 27 heavy (non-hydrogen) atoms. The number of hydrogen-bond donors (Lipinski definition) is 3. The van der Waals surface area contributed by atoms with Crippen molar-refractivity contribution in [3.8, 4) is 0 Å². The number of aromatic amines is 1. The van der Waals surface area contributed by atoms with Gasteiger partial charge in [0.05, 0.1) is 12.1 Å². The van der Waals surface area contributed by atoms with Crippen molar-refractivity contribution in [1.82, 2.24) is 20.1 Å². The molecule has 7 nitrogen and oxygen atoms in total. The number of halogens is 2. The lowest BCUT2D eigenvalue weighted by atomic mass is 10.1. The summed E-state index contributed by atoms with van der Waals surface area (Å²) in [4.78, 5) is 29.7. The average molecular weight is 379 g/mol. The normalized spacial score (nSPS) is 15.3. The molecule has 0 spiro atoms. The molecule has 0 aliphatic carbocycles. The third-order valence-corrected chi connectivity index (χ3v) is 4.84. The van der Waals surface area contributed by atoms with Crippen LogP contribution in [0.25, 0.3) is 10.9 Å². The van der Waals surface area contributed by atoms with E-state index in [0.717, 1.165) is 17.3 Å². The molecule has 0 bridgehead atoms. The first-order valence-electron chi connectivity index (χ1n) is 8.84. The van der Waals surface area contributed by atoms with Crippen molar-refractivity contribution in [2.75, 3.05) is 39.3 Å². The lowest BCUT2D eigenvalue weighted by Crippen LogP contribution is -2.53. The quantitative estimate of drug-likeness (QED) is 0.726. The van der Waals surface area contributed by atoms with Crippen LogP contribution in [-0.4, -0.2) is 66.0 Å². The summed E-state index contributed by atoms with van der Waals surface area (Å²) in [6.07, 6.45) is 0.460. The van der Waals surface area contributed by atoms with Crippen LogP contribution < -0.4 is 11.1 Å². The number of nitrogens with two attached hydrogens (primary N) is 1. The van der Waals surface area contributed by atoms with Crippen molar-refractivity contribution < 1.29 is 18.4 Å². The maximum absolute atomic E-state index is 13.9. The first-order chi connectivity index (χ1) is 12.8. The van der Waals surface area contributed by atoms with E-state index in [-0.39, 0.29) is 24.0 Å². The number of nitrogens with one attached hydrogen (secondary N) is 2. The van der Waals surface area contributed by atoms with Crippen LogP contribution >= 0.6 is 0 Å². The van der Waals surface area contributed by atoms with Gasteiger partial charge in [-0.05, 0) is 25.0 Å². The van der Waals surface area contributed by atoms with Gasteiger partial charge in [-0.15, -0.1) is 0 Å². The number of urea groups is 1. The van der Waals surface area contributed by atoms with Crippen molar-refractivity contribution in [3.63, 3.8) is 0 Å². The van der Waals surface area contributed by atoms with E-state index in [2.05, 4.69) is 10.3 Å². The Hall–Kier alpha value is -2.68. The zero-order valence-corrected chi connectivity index (χ0v) is 15.1. The average Bonchev–Trinajstić information content (AvgIpc) is 2.91. The molecule has 1 aromatic heterocycles. The Morgan fingerprint density at radius 1 is 1.22 bits per heavy atom. The molecule has 4 N–H and O–H groups in total. The van der Waals surface area contributed by atoms with Crippen molar-refractivity contribution in [3.05, 3.63) is 35.0 Å². The Morgan fingerprint density at radius 2 is 1.93 bits per heavy atom. The van der Waals surface area contributed by atoms with E-state index >= 15 is 0 Å². The highest BCUT2D eigenvalue weighted by Crippen LogP contribution is 2.25. The first-order valence-corrected chi connectivity index (χ1v) is 8.84. The Morgan fingerprint density at radius 3 is 2.59 bits per heavy atom. The SMILES string of the molecule is Cc1[nH]c2c(F)cc(F)cc2c1CCNC(=O)N1CCN(CC(N)=O)CC1. The number of aromatic nitrogens is 1. The van der Waals surface area contributed by atoms with Gasteiger partial charge in [-0.25, -0.2) is 13.6 Å². The molecule has 146 valence electrons. The molecule has 0 saturated carbocycles. The van der Waals surface area contributed by atoms with Gasteiger partial charge in [0.2, 0.25) is 5.91 Å². The molecule has 1 saturated heterocycles. The van der Waals surface area contributed by atoms with Crippen molar-refractivity contribution in [2.24, 2.45) is 5.73 Å². The number of H-pyrrole nitrogens is 1. The second-order valence-corrected chi connectivity index (χ2v) is 6.75. The van der Waals surface area contributed by atoms with Crippen molar-refractivity contribution in [2.45, 2.75) is 13.3 Å². The van der Waals surface area contributed by atoms with Crippen molar-refractivity contribution >= 4 is 22.8 Å². The van der Waals surface area contributed by atoms with Gasteiger partial charge < -0.3 is 20.9 Å². The predicted molar refractivity (Wildman–Crippen MR) is 97.3 cm³/mol. The lowest BCUT2D eigenvalue weighted by Gasteiger charge is -2.33. The standard InChI is InChI=1S/C18H23F2N5O2/c1-11-13(14-8-12(19)9-15(20)17(14)23-11)2-3-22-18(27)25-6-4-24(5-7-25)10-16(21)26/h8-9,23H,2-7,10H2,1H3,(H2,21,26)(H,22,27). The van der Waals surface area contributed by atoms with Crippen LogP contribution in [0, 0.1) is 18.6 Å². The molecular weight excluding hydrogens is 356 g/mol. The fourth-order valence-electron chi connectivity index (χ4n) is 3.46. The lowest BCUT2D eigenvalue weighted by molar-refractivity contribution is -0.119. The minimum Gasteiger partial charge on any atom is -0.369 e. The molecule has 0 atom stereocenters. The van der Waals surface area contributed by atoms with Crippen LogP contribution in [0.3, 0.4) is 0 Å². The summed E-state index contributed by atoms with van der Waals surface area (Å²) in [6.45, 7) is 4.57. The molecule has 9 heteroatoms. The highest BCUT2D eigenvalue weighted by Gasteiger charge is 2.21.